The Hall–Kier alpha value is -0.550. The molecule has 0 aliphatic heterocycles. The predicted molar refractivity (Wildman–Crippen MR) is 51.8 cm³/mol. The minimum Gasteiger partial charge on any atom is -0.317 e. The van der Waals surface area contributed by atoms with Crippen LogP contribution in [-0.2, 0) is 0 Å². The summed E-state index contributed by atoms with van der Waals surface area (Å²) in [5.74, 6) is 0. The summed E-state index contributed by atoms with van der Waals surface area (Å²) in [6.07, 6.45) is 3.33. The number of hydrogen-bond acceptors (Lipinski definition) is 2. The second kappa shape index (κ2) is 6.02. The van der Waals surface area contributed by atoms with Crippen molar-refractivity contribution in [3.05, 3.63) is 0 Å². The number of rotatable bonds is 6. The van der Waals surface area contributed by atoms with Crippen molar-refractivity contribution in [3.8, 4) is 6.07 Å². The topological polar surface area (TPSA) is 35.8 Å². The lowest BCUT2D eigenvalue weighted by Crippen LogP contribution is -2.15. The normalized spacial score (nSPS) is 11.2. The van der Waals surface area contributed by atoms with Crippen LogP contribution < -0.4 is 5.32 Å². The van der Waals surface area contributed by atoms with Crippen molar-refractivity contribution < 1.29 is 0 Å². The summed E-state index contributed by atoms with van der Waals surface area (Å²) in [5, 5.41) is 12.0. The Labute approximate surface area is 76.0 Å². The SMILES string of the molecule is CCNCCCCC(C)(C)C#N. The second-order valence-corrected chi connectivity index (χ2v) is 3.81. The van der Waals surface area contributed by atoms with Gasteiger partial charge in [-0.2, -0.15) is 5.26 Å². The van der Waals surface area contributed by atoms with E-state index in [-0.39, 0.29) is 5.41 Å². The van der Waals surface area contributed by atoms with Crippen LogP contribution in [-0.4, -0.2) is 13.1 Å². The van der Waals surface area contributed by atoms with Crippen molar-refractivity contribution >= 4 is 0 Å². The van der Waals surface area contributed by atoms with Crippen molar-refractivity contribution in [3.63, 3.8) is 0 Å². The van der Waals surface area contributed by atoms with Gasteiger partial charge >= 0.3 is 0 Å². The summed E-state index contributed by atoms with van der Waals surface area (Å²) in [6, 6.07) is 2.31. The molecule has 12 heavy (non-hydrogen) atoms. The lowest BCUT2D eigenvalue weighted by molar-refractivity contribution is 0.423. The molecule has 0 radical (unpaired) electrons. The Balaban J connectivity index is 3.27. The Kier molecular flexibility index (Phi) is 5.74. The zero-order chi connectivity index (χ0) is 9.45. The van der Waals surface area contributed by atoms with E-state index in [2.05, 4.69) is 18.3 Å². The molecule has 0 amide bonds. The molecule has 2 nitrogen and oxygen atoms in total. The third-order valence-corrected chi connectivity index (χ3v) is 1.96. The predicted octanol–water partition coefficient (Wildman–Crippen LogP) is 2.32. The van der Waals surface area contributed by atoms with Crippen LogP contribution in [0.25, 0.3) is 0 Å². The number of hydrogen-bond donors (Lipinski definition) is 1. The van der Waals surface area contributed by atoms with Crippen molar-refractivity contribution in [1.82, 2.24) is 5.32 Å². The highest BCUT2D eigenvalue weighted by Crippen LogP contribution is 2.21. The first-order valence-electron chi connectivity index (χ1n) is 4.74. The second-order valence-electron chi connectivity index (χ2n) is 3.81. The minimum absolute atomic E-state index is 0.133. The zero-order valence-electron chi connectivity index (χ0n) is 8.48. The first-order chi connectivity index (χ1) is 5.62. The maximum Gasteiger partial charge on any atom is 0.0683 e. The fourth-order valence-corrected chi connectivity index (χ4v) is 1.05. The molecule has 1 N–H and O–H groups in total. The summed E-state index contributed by atoms with van der Waals surface area (Å²) >= 11 is 0. The van der Waals surface area contributed by atoms with E-state index < -0.39 is 0 Å². The van der Waals surface area contributed by atoms with Gasteiger partial charge in [-0.05, 0) is 39.8 Å². The van der Waals surface area contributed by atoms with Crippen LogP contribution in [0, 0.1) is 16.7 Å². The van der Waals surface area contributed by atoms with E-state index in [9.17, 15) is 0 Å². The summed E-state index contributed by atoms with van der Waals surface area (Å²) in [7, 11) is 0. The molecule has 70 valence electrons. The van der Waals surface area contributed by atoms with E-state index >= 15 is 0 Å². The summed E-state index contributed by atoms with van der Waals surface area (Å²) < 4.78 is 0. The van der Waals surface area contributed by atoms with Crippen molar-refractivity contribution in [2.24, 2.45) is 5.41 Å². The Morgan fingerprint density at radius 3 is 2.50 bits per heavy atom. The standard InChI is InChI=1S/C10H20N2/c1-4-12-8-6-5-7-10(2,3)9-11/h12H,4-8H2,1-3H3. The highest BCUT2D eigenvalue weighted by atomic mass is 14.8. The molecular weight excluding hydrogens is 148 g/mol. The van der Waals surface area contributed by atoms with Gasteiger partial charge in [0.2, 0.25) is 0 Å². The van der Waals surface area contributed by atoms with Crippen LogP contribution >= 0.6 is 0 Å². The van der Waals surface area contributed by atoms with E-state index in [0.717, 1.165) is 25.9 Å². The van der Waals surface area contributed by atoms with Crippen LogP contribution in [0.5, 0.6) is 0 Å². The Bertz CT molecular complexity index is 144. The summed E-state index contributed by atoms with van der Waals surface area (Å²) in [6.45, 7) is 8.24. The van der Waals surface area contributed by atoms with Gasteiger partial charge in [0.05, 0.1) is 11.5 Å². The molecule has 0 unspecified atom stereocenters. The smallest absolute Gasteiger partial charge is 0.0683 e. The average Bonchev–Trinajstić information content (AvgIpc) is 2.04. The molecule has 0 heterocycles. The van der Waals surface area contributed by atoms with Crippen LogP contribution in [0.1, 0.15) is 40.0 Å². The Morgan fingerprint density at radius 2 is 2.00 bits per heavy atom. The number of nitriles is 1. The third kappa shape index (κ3) is 6.18. The van der Waals surface area contributed by atoms with Crippen molar-refractivity contribution in [2.75, 3.05) is 13.1 Å². The molecule has 0 saturated carbocycles. The van der Waals surface area contributed by atoms with Crippen LogP contribution in [0.15, 0.2) is 0 Å². The molecule has 0 aliphatic carbocycles. The van der Waals surface area contributed by atoms with Gasteiger partial charge in [-0.3, -0.25) is 0 Å². The Morgan fingerprint density at radius 1 is 1.33 bits per heavy atom. The maximum absolute atomic E-state index is 8.73. The van der Waals surface area contributed by atoms with E-state index in [1.54, 1.807) is 0 Å². The molecule has 0 aliphatic rings. The first kappa shape index (κ1) is 11.4. The summed E-state index contributed by atoms with van der Waals surface area (Å²) in [4.78, 5) is 0. The molecule has 0 fully saturated rings. The number of nitrogens with zero attached hydrogens (tertiary/aromatic N) is 1. The van der Waals surface area contributed by atoms with E-state index in [1.165, 1.54) is 6.42 Å². The lowest BCUT2D eigenvalue weighted by atomic mass is 9.89. The van der Waals surface area contributed by atoms with Gasteiger partial charge in [0.15, 0.2) is 0 Å². The van der Waals surface area contributed by atoms with Gasteiger partial charge in [-0.1, -0.05) is 13.3 Å². The van der Waals surface area contributed by atoms with E-state index in [4.69, 9.17) is 5.26 Å². The molecule has 0 atom stereocenters. The largest absolute Gasteiger partial charge is 0.317 e. The lowest BCUT2D eigenvalue weighted by Gasteiger charge is -2.14. The third-order valence-electron chi connectivity index (χ3n) is 1.96. The van der Waals surface area contributed by atoms with Gasteiger partial charge in [0, 0.05) is 0 Å². The van der Waals surface area contributed by atoms with Gasteiger partial charge in [-0.15, -0.1) is 0 Å². The van der Waals surface area contributed by atoms with Crippen molar-refractivity contribution in [1.29, 1.82) is 5.26 Å². The van der Waals surface area contributed by atoms with Crippen molar-refractivity contribution in [2.45, 2.75) is 40.0 Å². The quantitative estimate of drug-likeness (QED) is 0.618. The van der Waals surface area contributed by atoms with E-state index in [1.807, 2.05) is 13.8 Å². The molecule has 0 rings (SSSR count). The van der Waals surface area contributed by atoms with Crippen LogP contribution in [0.4, 0.5) is 0 Å². The minimum atomic E-state index is -0.133. The van der Waals surface area contributed by atoms with Gasteiger partial charge in [0.25, 0.3) is 0 Å². The fourth-order valence-electron chi connectivity index (χ4n) is 1.05. The van der Waals surface area contributed by atoms with Crippen LogP contribution in [0.3, 0.4) is 0 Å². The molecule has 0 bridgehead atoms. The molecule has 2 heteroatoms. The van der Waals surface area contributed by atoms with E-state index in [0.29, 0.717) is 0 Å². The molecule has 0 saturated heterocycles. The van der Waals surface area contributed by atoms with Crippen LogP contribution in [0.2, 0.25) is 0 Å². The highest BCUT2D eigenvalue weighted by Gasteiger charge is 2.14. The number of nitrogens with one attached hydrogen (secondary N) is 1. The maximum atomic E-state index is 8.73. The number of unbranched alkanes of at least 4 members (excludes halogenated alkanes) is 1. The highest BCUT2D eigenvalue weighted by molar-refractivity contribution is 4.91. The molecule has 0 spiro atoms. The van der Waals surface area contributed by atoms with Gasteiger partial charge < -0.3 is 5.32 Å². The van der Waals surface area contributed by atoms with Gasteiger partial charge in [0.1, 0.15) is 0 Å². The molecule has 0 aromatic heterocycles. The summed E-state index contributed by atoms with van der Waals surface area (Å²) in [5.41, 5.74) is -0.133. The fraction of sp³-hybridized carbons (Fsp3) is 0.900. The monoisotopic (exact) mass is 168 g/mol. The molecule has 0 aromatic carbocycles. The van der Waals surface area contributed by atoms with Gasteiger partial charge in [-0.25, -0.2) is 0 Å². The zero-order valence-corrected chi connectivity index (χ0v) is 8.48. The molecular formula is C10H20N2. The molecule has 0 aromatic rings. The first-order valence-corrected chi connectivity index (χ1v) is 4.74. The average molecular weight is 168 g/mol.